The maximum absolute atomic E-state index is 4.73. The first-order valence-corrected chi connectivity index (χ1v) is 10.7. The van der Waals surface area contributed by atoms with Crippen LogP contribution < -0.4 is 15.5 Å². The highest BCUT2D eigenvalue weighted by Gasteiger charge is 2.23. The quantitative estimate of drug-likeness (QED) is 0.537. The maximum Gasteiger partial charge on any atom is 0.191 e. The number of nitrogens with one attached hydrogen (secondary N) is 2. The summed E-state index contributed by atoms with van der Waals surface area (Å²) in [4.78, 5) is 12.8. The van der Waals surface area contributed by atoms with Gasteiger partial charge in [0.25, 0.3) is 0 Å². The Morgan fingerprint density at radius 3 is 2.88 bits per heavy atom. The summed E-state index contributed by atoms with van der Waals surface area (Å²) in [6.07, 6.45) is 3.94. The Labute approximate surface area is 168 Å². The van der Waals surface area contributed by atoms with Gasteiger partial charge in [0, 0.05) is 59.9 Å². The normalized spacial score (nSPS) is 17.6. The number of rotatable bonds is 6. The summed E-state index contributed by atoms with van der Waals surface area (Å²) < 4.78 is 1.12. The Morgan fingerprint density at radius 1 is 1.38 bits per heavy atom. The summed E-state index contributed by atoms with van der Waals surface area (Å²) in [5.41, 5.74) is 1.28. The van der Waals surface area contributed by atoms with Gasteiger partial charge in [0.1, 0.15) is 0 Å². The molecule has 0 amide bonds. The maximum atomic E-state index is 4.73. The van der Waals surface area contributed by atoms with Crippen LogP contribution in [-0.4, -0.2) is 43.2 Å². The molecule has 1 aromatic carbocycles. The van der Waals surface area contributed by atoms with E-state index in [1.807, 2.05) is 6.20 Å². The molecule has 2 aromatic rings. The number of aryl methyl sites for hydroxylation is 1. The summed E-state index contributed by atoms with van der Waals surface area (Å²) in [5, 5.41) is 8.11. The molecule has 1 aliphatic heterocycles. The van der Waals surface area contributed by atoms with Crippen molar-refractivity contribution < 1.29 is 0 Å². The van der Waals surface area contributed by atoms with Crippen LogP contribution in [0.2, 0.25) is 0 Å². The molecule has 0 aliphatic carbocycles. The average Bonchev–Trinajstić information content (AvgIpc) is 3.25. The molecule has 2 heterocycles. The summed E-state index contributed by atoms with van der Waals surface area (Å²) in [6, 6.07) is 8.95. The van der Waals surface area contributed by atoms with Crippen LogP contribution >= 0.6 is 27.3 Å². The molecule has 1 aliphatic rings. The number of aromatic nitrogens is 1. The third-order valence-corrected chi connectivity index (χ3v) is 5.83. The fourth-order valence-corrected chi connectivity index (χ4v) is 4.10. The van der Waals surface area contributed by atoms with Crippen molar-refractivity contribution in [2.75, 3.05) is 31.1 Å². The van der Waals surface area contributed by atoms with E-state index in [2.05, 4.69) is 74.6 Å². The van der Waals surface area contributed by atoms with Gasteiger partial charge in [-0.2, -0.15) is 0 Å². The van der Waals surface area contributed by atoms with Crippen LogP contribution in [-0.2, 0) is 6.42 Å². The molecule has 5 nitrogen and oxygen atoms in total. The number of hydrogen-bond donors (Lipinski definition) is 2. The molecule has 1 atom stereocenters. The van der Waals surface area contributed by atoms with Crippen LogP contribution in [0.1, 0.15) is 23.2 Å². The summed E-state index contributed by atoms with van der Waals surface area (Å²) in [5.74, 6) is 0.906. The van der Waals surface area contributed by atoms with E-state index >= 15 is 0 Å². The number of benzene rings is 1. The highest BCUT2D eigenvalue weighted by molar-refractivity contribution is 9.10. The minimum absolute atomic E-state index is 0.415. The highest BCUT2D eigenvalue weighted by Crippen LogP contribution is 2.22. The van der Waals surface area contributed by atoms with Crippen LogP contribution in [0.15, 0.2) is 39.9 Å². The molecular formula is C19H26BrN5S. The summed E-state index contributed by atoms with van der Waals surface area (Å²) >= 11 is 5.25. The van der Waals surface area contributed by atoms with Gasteiger partial charge >= 0.3 is 0 Å². The van der Waals surface area contributed by atoms with Crippen LogP contribution in [0.3, 0.4) is 0 Å². The minimum Gasteiger partial charge on any atom is -0.369 e. The average molecular weight is 436 g/mol. The van der Waals surface area contributed by atoms with E-state index in [0.717, 1.165) is 54.5 Å². The van der Waals surface area contributed by atoms with Crippen molar-refractivity contribution in [2.45, 2.75) is 32.7 Å². The molecule has 140 valence electrons. The van der Waals surface area contributed by atoms with Crippen LogP contribution in [0.4, 0.5) is 5.69 Å². The molecule has 2 N–H and O–H groups in total. The van der Waals surface area contributed by atoms with Gasteiger partial charge in [-0.15, -0.1) is 11.3 Å². The number of halogens is 1. The van der Waals surface area contributed by atoms with E-state index in [4.69, 9.17) is 4.99 Å². The van der Waals surface area contributed by atoms with Gasteiger partial charge in [0.2, 0.25) is 0 Å². The fraction of sp³-hybridized carbons (Fsp3) is 0.474. The molecule has 1 saturated heterocycles. The van der Waals surface area contributed by atoms with Crippen LogP contribution in [0.25, 0.3) is 0 Å². The molecule has 26 heavy (non-hydrogen) atoms. The predicted octanol–water partition coefficient (Wildman–Crippen LogP) is 3.59. The molecule has 7 heteroatoms. The first-order valence-electron chi connectivity index (χ1n) is 9.10. The van der Waals surface area contributed by atoms with E-state index in [0.29, 0.717) is 6.04 Å². The Balaban J connectivity index is 1.52. The van der Waals surface area contributed by atoms with Crippen molar-refractivity contribution in [2.24, 2.45) is 4.99 Å². The van der Waals surface area contributed by atoms with E-state index in [1.165, 1.54) is 10.6 Å². The molecule has 1 fully saturated rings. The molecule has 1 aromatic heterocycles. The van der Waals surface area contributed by atoms with E-state index < -0.39 is 0 Å². The largest absolute Gasteiger partial charge is 0.369 e. The number of hydrogen-bond acceptors (Lipinski definition) is 4. The van der Waals surface area contributed by atoms with Gasteiger partial charge in [0.15, 0.2) is 5.96 Å². The Morgan fingerprint density at radius 2 is 2.19 bits per heavy atom. The molecule has 1 unspecified atom stereocenters. The third-order valence-electron chi connectivity index (χ3n) is 4.33. The lowest BCUT2D eigenvalue weighted by Gasteiger charge is -2.20. The van der Waals surface area contributed by atoms with Crippen molar-refractivity contribution in [3.8, 4) is 0 Å². The monoisotopic (exact) mass is 435 g/mol. The predicted molar refractivity (Wildman–Crippen MR) is 114 cm³/mol. The Bertz CT molecular complexity index is 728. The van der Waals surface area contributed by atoms with Crippen molar-refractivity contribution in [1.29, 1.82) is 0 Å². The number of anilines is 1. The van der Waals surface area contributed by atoms with Gasteiger partial charge in [-0.05, 0) is 44.5 Å². The summed E-state index contributed by atoms with van der Waals surface area (Å²) in [7, 11) is 0. The Hall–Kier alpha value is -1.60. The molecule has 3 rings (SSSR count). The van der Waals surface area contributed by atoms with Crippen molar-refractivity contribution in [1.82, 2.24) is 15.6 Å². The van der Waals surface area contributed by atoms with Crippen LogP contribution in [0, 0.1) is 6.92 Å². The number of guanidine groups is 1. The lowest BCUT2D eigenvalue weighted by atomic mass is 10.3. The van der Waals surface area contributed by atoms with E-state index in [9.17, 15) is 0 Å². The second-order valence-electron chi connectivity index (χ2n) is 6.43. The topological polar surface area (TPSA) is 52.6 Å². The molecule has 0 saturated carbocycles. The standard InChI is InChI=1S/C19H26BrN5S/c1-3-21-19(22-10-8-18-23-12-14(2)26-18)24-16-9-11-25(13-16)17-6-4-15(20)5-7-17/h4-7,12,16H,3,8-11,13H2,1-2H3,(H2,21,22,24). The highest BCUT2D eigenvalue weighted by atomic mass is 79.9. The number of nitrogens with zero attached hydrogens (tertiary/aromatic N) is 3. The second kappa shape index (κ2) is 9.37. The fourth-order valence-electron chi connectivity index (χ4n) is 3.06. The minimum atomic E-state index is 0.415. The molecule has 0 spiro atoms. The second-order valence-corrected chi connectivity index (χ2v) is 8.66. The molecule has 0 bridgehead atoms. The first-order chi connectivity index (χ1) is 12.6. The van der Waals surface area contributed by atoms with Crippen LogP contribution in [0.5, 0.6) is 0 Å². The van der Waals surface area contributed by atoms with Gasteiger partial charge < -0.3 is 15.5 Å². The zero-order chi connectivity index (χ0) is 18.4. The Kier molecular flexibility index (Phi) is 6.91. The number of thiazole rings is 1. The number of aliphatic imine (C=N–C) groups is 1. The first kappa shape index (κ1) is 19.2. The van der Waals surface area contributed by atoms with Crippen molar-refractivity contribution in [3.63, 3.8) is 0 Å². The van der Waals surface area contributed by atoms with Gasteiger partial charge in [-0.3, -0.25) is 4.99 Å². The summed E-state index contributed by atoms with van der Waals surface area (Å²) in [6.45, 7) is 7.88. The lowest BCUT2D eigenvalue weighted by molar-refractivity contribution is 0.649. The van der Waals surface area contributed by atoms with Crippen molar-refractivity contribution in [3.05, 3.63) is 44.8 Å². The lowest BCUT2D eigenvalue weighted by Crippen LogP contribution is -2.44. The van der Waals surface area contributed by atoms with Gasteiger partial charge in [-0.25, -0.2) is 4.98 Å². The molecule has 0 radical (unpaired) electrons. The smallest absolute Gasteiger partial charge is 0.191 e. The SMILES string of the molecule is CCNC(=NCCc1ncc(C)s1)NC1CCN(c2ccc(Br)cc2)C1. The van der Waals surface area contributed by atoms with E-state index in [-0.39, 0.29) is 0 Å². The molecular weight excluding hydrogens is 410 g/mol. The van der Waals surface area contributed by atoms with Gasteiger partial charge in [0.05, 0.1) is 5.01 Å². The van der Waals surface area contributed by atoms with Gasteiger partial charge in [-0.1, -0.05) is 15.9 Å². The zero-order valence-electron chi connectivity index (χ0n) is 15.3. The third kappa shape index (κ3) is 5.45. The van der Waals surface area contributed by atoms with E-state index in [1.54, 1.807) is 11.3 Å². The van der Waals surface area contributed by atoms with Crippen molar-refractivity contribution >= 4 is 38.9 Å². The zero-order valence-corrected chi connectivity index (χ0v) is 17.7.